The lowest BCUT2D eigenvalue weighted by Crippen LogP contribution is -2.19. The summed E-state index contributed by atoms with van der Waals surface area (Å²) in [5.41, 5.74) is 0.482. The second-order valence-corrected chi connectivity index (χ2v) is 6.36. The Labute approximate surface area is 156 Å². The number of aromatic hydroxyl groups is 1. The minimum absolute atomic E-state index is 0.115. The molecule has 0 aliphatic carbocycles. The normalized spacial score (nSPS) is 16.5. The summed E-state index contributed by atoms with van der Waals surface area (Å²) in [7, 11) is 0. The van der Waals surface area contributed by atoms with Crippen LogP contribution in [0.4, 0.5) is 11.4 Å². The van der Waals surface area contributed by atoms with Gasteiger partial charge in [-0.3, -0.25) is 14.9 Å². The molecule has 3 N–H and O–H groups in total. The van der Waals surface area contributed by atoms with Crippen molar-refractivity contribution in [2.24, 2.45) is 4.99 Å². The Hall–Kier alpha value is -3.66. The van der Waals surface area contributed by atoms with Crippen molar-refractivity contribution in [3.63, 3.8) is 0 Å². The summed E-state index contributed by atoms with van der Waals surface area (Å²) in [4.78, 5) is 37.6. The zero-order valence-corrected chi connectivity index (χ0v) is 14.3. The number of hydrogen-bond donors (Lipinski definition) is 3. The van der Waals surface area contributed by atoms with Crippen molar-refractivity contribution in [1.82, 2.24) is 5.32 Å². The molecule has 2 aromatic rings. The molecule has 3 rings (SSSR count). The van der Waals surface area contributed by atoms with E-state index in [1.165, 1.54) is 36.4 Å². The molecule has 0 radical (unpaired) electrons. The van der Waals surface area contributed by atoms with Crippen LogP contribution in [0.1, 0.15) is 15.9 Å². The molecule has 0 aromatic heterocycles. The average Bonchev–Trinajstić information content (AvgIpc) is 2.96. The van der Waals surface area contributed by atoms with E-state index in [1.807, 2.05) is 0 Å². The molecule has 0 saturated carbocycles. The average molecular weight is 385 g/mol. The molecule has 27 heavy (non-hydrogen) atoms. The molecule has 1 amide bonds. The van der Waals surface area contributed by atoms with Gasteiger partial charge >= 0.3 is 5.97 Å². The molecule has 0 spiro atoms. The molecule has 136 valence electrons. The molecular formula is C17H11N3O6S. The third-order valence-corrected chi connectivity index (χ3v) is 4.41. The van der Waals surface area contributed by atoms with Crippen LogP contribution >= 0.6 is 11.8 Å². The second-order valence-electron chi connectivity index (χ2n) is 5.33. The fourth-order valence-corrected chi connectivity index (χ4v) is 3.02. The Morgan fingerprint density at radius 2 is 1.93 bits per heavy atom. The monoisotopic (exact) mass is 385 g/mol. The number of amidine groups is 1. The smallest absolute Gasteiger partial charge is 0.335 e. The third kappa shape index (κ3) is 4.12. The van der Waals surface area contributed by atoms with Crippen LogP contribution in [0, 0.1) is 10.1 Å². The van der Waals surface area contributed by atoms with Gasteiger partial charge in [0.1, 0.15) is 5.75 Å². The lowest BCUT2D eigenvalue weighted by atomic mass is 10.1. The SMILES string of the molecule is O=C1NC(=Nc2ccc(C(=O)O)cc2)S/C1=C\c1cc([N+](=O)[O-])ccc1O. The fraction of sp³-hybridized carbons (Fsp3) is 0. The summed E-state index contributed by atoms with van der Waals surface area (Å²) in [5, 5.41) is 32.4. The Morgan fingerprint density at radius 1 is 1.22 bits per heavy atom. The standard InChI is InChI=1S/C17H11N3O6S/c21-13-6-5-12(20(25)26)7-10(13)8-14-15(22)19-17(27-14)18-11-3-1-9(2-4-11)16(23)24/h1-8,21H,(H,23,24)(H,18,19,22)/b14-8-. The van der Waals surface area contributed by atoms with E-state index >= 15 is 0 Å². The summed E-state index contributed by atoms with van der Waals surface area (Å²) in [6.07, 6.45) is 1.33. The van der Waals surface area contributed by atoms with Crippen molar-refractivity contribution in [2.45, 2.75) is 0 Å². The maximum absolute atomic E-state index is 12.1. The number of nitrogens with zero attached hydrogens (tertiary/aromatic N) is 2. The zero-order chi connectivity index (χ0) is 19.6. The van der Waals surface area contributed by atoms with Gasteiger partial charge in [-0.1, -0.05) is 0 Å². The van der Waals surface area contributed by atoms with Gasteiger partial charge in [0.05, 0.1) is 21.1 Å². The number of phenols is 1. The largest absolute Gasteiger partial charge is 0.507 e. The van der Waals surface area contributed by atoms with Crippen LogP contribution in [-0.4, -0.2) is 32.2 Å². The van der Waals surface area contributed by atoms with Gasteiger partial charge in [0.2, 0.25) is 0 Å². The number of aliphatic imine (C=N–C) groups is 1. The Kier molecular flexibility index (Phi) is 4.90. The molecule has 0 unspecified atom stereocenters. The number of carbonyl (C=O) groups excluding carboxylic acids is 1. The van der Waals surface area contributed by atoms with Crippen LogP contribution in [0.15, 0.2) is 52.4 Å². The Morgan fingerprint density at radius 3 is 2.56 bits per heavy atom. The number of hydrogen-bond acceptors (Lipinski definition) is 7. The number of thioether (sulfide) groups is 1. The van der Waals surface area contributed by atoms with Crippen molar-refractivity contribution in [3.8, 4) is 5.75 Å². The van der Waals surface area contributed by atoms with E-state index in [9.17, 15) is 24.8 Å². The van der Waals surface area contributed by atoms with Gasteiger partial charge < -0.3 is 15.5 Å². The van der Waals surface area contributed by atoms with Crippen LogP contribution in [0.2, 0.25) is 0 Å². The Balaban J connectivity index is 1.85. The van der Waals surface area contributed by atoms with Crippen molar-refractivity contribution in [3.05, 3.63) is 68.6 Å². The number of carbonyl (C=O) groups is 2. The van der Waals surface area contributed by atoms with Gasteiger partial charge in [0, 0.05) is 17.7 Å². The van der Waals surface area contributed by atoms with Crippen molar-refractivity contribution < 1.29 is 24.7 Å². The van der Waals surface area contributed by atoms with E-state index in [2.05, 4.69) is 10.3 Å². The zero-order valence-electron chi connectivity index (χ0n) is 13.4. The number of nitrogens with one attached hydrogen (secondary N) is 1. The first-order valence-corrected chi connectivity index (χ1v) is 8.25. The van der Waals surface area contributed by atoms with Gasteiger partial charge in [-0.25, -0.2) is 9.79 Å². The van der Waals surface area contributed by atoms with Crippen LogP contribution in [0.5, 0.6) is 5.75 Å². The van der Waals surface area contributed by atoms with Gasteiger partial charge in [0.15, 0.2) is 5.17 Å². The maximum atomic E-state index is 12.1. The van der Waals surface area contributed by atoms with Crippen LogP contribution in [0.25, 0.3) is 6.08 Å². The number of rotatable bonds is 4. The molecule has 2 aromatic carbocycles. The first-order chi connectivity index (χ1) is 12.8. The van der Waals surface area contributed by atoms with Crippen molar-refractivity contribution in [2.75, 3.05) is 0 Å². The summed E-state index contributed by atoms with van der Waals surface area (Å²) < 4.78 is 0. The molecule has 0 bridgehead atoms. The topological polar surface area (TPSA) is 142 Å². The number of non-ortho nitro benzene ring substituents is 1. The quantitative estimate of drug-likeness (QED) is 0.417. The number of amides is 1. The summed E-state index contributed by atoms with van der Waals surface area (Å²) in [6.45, 7) is 0. The molecule has 1 fully saturated rings. The second kappa shape index (κ2) is 7.30. The third-order valence-electron chi connectivity index (χ3n) is 3.50. The number of carboxylic acid groups (broad SMARTS) is 1. The lowest BCUT2D eigenvalue weighted by molar-refractivity contribution is -0.384. The van der Waals surface area contributed by atoms with E-state index in [-0.39, 0.29) is 32.6 Å². The van der Waals surface area contributed by atoms with Gasteiger partial charge in [-0.05, 0) is 48.2 Å². The van der Waals surface area contributed by atoms with E-state index in [1.54, 1.807) is 0 Å². The predicted octanol–water partition coefficient (Wildman–Crippen LogP) is 2.89. The van der Waals surface area contributed by atoms with Gasteiger partial charge in [0.25, 0.3) is 11.6 Å². The molecule has 1 aliphatic heterocycles. The van der Waals surface area contributed by atoms with Gasteiger partial charge in [-0.15, -0.1) is 0 Å². The highest BCUT2D eigenvalue weighted by Gasteiger charge is 2.24. The number of aromatic carboxylic acids is 1. The highest BCUT2D eigenvalue weighted by Crippen LogP contribution is 2.31. The van der Waals surface area contributed by atoms with E-state index in [0.29, 0.717) is 5.69 Å². The fourth-order valence-electron chi connectivity index (χ4n) is 2.19. The number of carboxylic acids is 1. The van der Waals surface area contributed by atoms with Crippen LogP contribution in [0.3, 0.4) is 0 Å². The highest BCUT2D eigenvalue weighted by atomic mass is 32.2. The maximum Gasteiger partial charge on any atom is 0.335 e. The number of phenolic OH excluding ortho intramolecular Hbond substituents is 1. The summed E-state index contributed by atoms with van der Waals surface area (Å²) in [6, 6.07) is 9.28. The highest BCUT2D eigenvalue weighted by molar-refractivity contribution is 8.18. The summed E-state index contributed by atoms with van der Waals surface area (Å²) >= 11 is 0.995. The molecule has 9 nitrogen and oxygen atoms in total. The van der Waals surface area contributed by atoms with E-state index < -0.39 is 16.8 Å². The Bertz CT molecular complexity index is 1010. The van der Waals surface area contributed by atoms with E-state index in [0.717, 1.165) is 23.9 Å². The minimum atomic E-state index is -1.06. The van der Waals surface area contributed by atoms with Gasteiger partial charge in [-0.2, -0.15) is 0 Å². The molecule has 1 aliphatic rings. The van der Waals surface area contributed by atoms with Crippen molar-refractivity contribution >= 4 is 46.3 Å². The number of benzene rings is 2. The first-order valence-electron chi connectivity index (χ1n) is 7.44. The lowest BCUT2D eigenvalue weighted by Gasteiger charge is -2.00. The molecular weight excluding hydrogens is 374 g/mol. The molecule has 1 saturated heterocycles. The van der Waals surface area contributed by atoms with Crippen LogP contribution in [-0.2, 0) is 4.79 Å². The molecule has 10 heteroatoms. The summed E-state index contributed by atoms with van der Waals surface area (Å²) in [5.74, 6) is -1.72. The van der Waals surface area contributed by atoms with E-state index in [4.69, 9.17) is 5.11 Å². The number of nitro benzene ring substituents is 1. The molecule has 0 atom stereocenters. The number of nitro groups is 1. The minimum Gasteiger partial charge on any atom is -0.507 e. The first kappa shape index (κ1) is 18.1. The molecule has 1 heterocycles. The predicted molar refractivity (Wildman–Crippen MR) is 99.0 cm³/mol. The van der Waals surface area contributed by atoms with Crippen molar-refractivity contribution in [1.29, 1.82) is 0 Å². The van der Waals surface area contributed by atoms with Crippen LogP contribution < -0.4 is 5.32 Å².